The minimum atomic E-state index is -5.05. The largest absolute Gasteiger partial charge is 0.523 e. The minimum absolute atomic E-state index is 0.0335. The summed E-state index contributed by atoms with van der Waals surface area (Å²) in [6.07, 6.45) is -5.11. The van der Waals surface area contributed by atoms with Gasteiger partial charge in [0, 0.05) is 0 Å². The quantitative estimate of drug-likeness (QED) is 0.809. The fourth-order valence-corrected chi connectivity index (χ4v) is 2.64. The van der Waals surface area contributed by atoms with Crippen LogP contribution in [0.3, 0.4) is 0 Å². The van der Waals surface area contributed by atoms with Gasteiger partial charge in [0.1, 0.15) is 0 Å². The van der Waals surface area contributed by atoms with Gasteiger partial charge in [0.05, 0.1) is 0 Å². The maximum atomic E-state index is 12.8. The second-order valence-corrected chi connectivity index (χ2v) is 5.37. The molecule has 0 spiro atoms. The van der Waals surface area contributed by atoms with Crippen LogP contribution in [0.1, 0.15) is 25.3 Å². The van der Waals surface area contributed by atoms with Crippen molar-refractivity contribution in [2.24, 2.45) is 0 Å². The first-order valence-corrected chi connectivity index (χ1v) is 7.45. The number of rotatable bonds is 6. The molecule has 0 aliphatic heterocycles. The third-order valence-corrected chi connectivity index (χ3v) is 3.70. The van der Waals surface area contributed by atoms with Gasteiger partial charge in [-0.05, 0) is 23.1 Å². The Kier molecular flexibility index (Phi) is 5.29. The summed E-state index contributed by atoms with van der Waals surface area (Å²) < 4.78 is 42.4. The highest BCUT2D eigenvalue weighted by Gasteiger charge is 2.50. The zero-order valence-electron chi connectivity index (χ0n) is 13.0. The first-order valence-electron chi connectivity index (χ1n) is 7.45. The molecule has 1 N–H and O–H groups in total. The molecule has 2 aromatic rings. The lowest BCUT2D eigenvalue weighted by atomic mass is 9.88. The predicted molar refractivity (Wildman–Crippen MR) is 83.2 cm³/mol. The summed E-state index contributed by atoms with van der Waals surface area (Å²) in [6, 6.07) is 15.2. The molecule has 3 nitrogen and oxygen atoms in total. The molecule has 128 valence electrons. The predicted octanol–water partition coefficient (Wildman–Crippen LogP) is 4.97. The molecule has 0 aliphatic carbocycles. The highest BCUT2D eigenvalue weighted by Crippen LogP contribution is 2.38. The molecule has 0 radical (unpaired) electrons. The Morgan fingerprint density at radius 2 is 1.54 bits per heavy atom. The number of ether oxygens (including phenoxy) is 1. The van der Waals surface area contributed by atoms with E-state index in [0.29, 0.717) is 0 Å². The van der Waals surface area contributed by atoms with Gasteiger partial charge < -0.3 is 5.11 Å². The number of carbonyl (C=O) groups is 1. The van der Waals surface area contributed by atoms with Gasteiger partial charge in [0.2, 0.25) is 0 Å². The number of benzene rings is 2. The Bertz CT molecular complexity index is 681. The maximum absolute atomic E-state index is 12.8. The van der Waals surface area contributed by atoms with Crippen molar-refractivity contribution < 1.29 is 27.8 Å². The van der Waals surface area contributed by atoms with Crippen LogP contribution in [0.15, 0.2) is 54.6 Å². The van der Waals surface area contributed by atoms with Gasteiger partial charge in [-0.25, -0.2) is 4.79 Å². The van der Waals surface area contributed by atoms with Crippen molar-refractivity contribution in [1.29, 1.82) is 0 Å². The second-order valence-electron chi connectivity index (χ2n) is 5.37. The Morgan fingerprint density at radius 3 is 2.00 bits per heavy atom. The summed E-state index contributed by atoms with van der Waals surface area (Å²) in [5, 5.41) is 9.43. The number of halogens is 3. The van der Waals surface area contributed by atoms with E-state index < -0.39 is 17.9 Å². The van der Waals surface area contributed by atoms with E-state index >= 15 is 0 Å². The lowest BCUT2D eigenvalue weighted by molar-refractivity contribution is -0.367. The van der Waals surface area contributed by atoms with E-state index in [4.69, 9.17) is 0 Å². The molecule has 0 fully saturated rings. The smallest absolute Gasteiger partial charge is 0.479 e. The second kappa shape index (κ2) is 7.05. The van der Waals surface area contributed by atoms with Crippen molar-refractivity contribution in [2.75, 3.05) is 0 Å². The van der Waals surface area contributed by atoms with Crippen molar-refractivity contribution in [3.63, 3.8) is 0 Å². The highest BCUT2D eigenvalue weighted by atomic mass is 19.4. The van der Waals surface area contributed by atoms with Gasteiger partial charge in [0.15, 0.2) is 5.60 Å². The van der Waals surface area contributed by atoms with Crippen LogP contribution < -0.4 is 0 Å². The molecule has 2 rings (SSSR count). The van der Waals surface area contributed by atoms with Crippen LogP contribution in [0.4, 0.5) is 13.2 Å². The average molecular weight is 338 g/mol. The fraction of sp³-hybridized carbons (Fsp3) is 0.278. The first-order chi connectivity index (χ1) is 11.3. The molecule has 0 saturated heterocycles. The molecule has 0 saturated carbocycles. The van der Waals surface area contributed by atoms with Crippen LogP contribution in [0, 0.1) is 0 Å². The van der Waals surface area contributed by atoms with Crippen molar-refractivity contribution in [2.45, 2.75) is 31.7 Å². The van der Waals surface area contributed by atoms with E-state index in [0.717, 1.165) is 11.1 Å². The van der Waals surface area contributed by atoms with Crippen LogP contribution in [-0.2, 0) is 15.1 Å². The Hall–Kier alpha value is -2.34. The molecule has 0 aromatic heterocycles. The molecule has 6 heteroatoms. The van der Waals surface area contributed by atoms with Crippen LogP contribution in [0.2, 0.25) is 0 Å². The van der Waals surface area contributed by atoms with Gasteiger partial charge in [-0.15, -0.1) is 13.2 Å². The zero-order chi connectivity index (χ0) is 17.8. The van der Waals surface area contributed by atoms with Gasteiger partial charge in [-0.2, -0.15) is 0 Å². The Morgan fingerprint density at radius 1 is 1.00 bits per heavy atom. The number of carboxylic acid groups (broad SMARTS) is 1. The molecule has 0 aliphatic rings. The molecular weight excluding hydrogens is 321 g/mol. The number of alkyl halides is 3. The van der Waals surface area contributed by atoms with Crippen molar-refractivity contribution in [3.8, 4) is 11.1 Å². The van der Waals surface area contributed by atoms with Gasteiger partial charge in [0.25, 0.3) is 0 Å². The van der Waals surface area contributed by atoms with Gasteiger partial charge in [-0.1, -0.05) is 67.9 Å². The zero-order valence-corrected chi connectivity index (χ0v) is 13.0. The van der Waals surface area contributed by atoms with Crippen LogP contribution in [0.5, 0.6) is 0 Å². The third-order valence-electron chi connectivity index (χ3n) is 3.70. The van der Waals surface area contributed by atoms with Crippen molar-refractivity contribution in [1.82, 2.24) is 0 Å². The normalized spacial score (nSPS) is 14.2. The number of hydrogen-bond donors (Lipinski definition) is 1. The van der Waals surface area contributed by atoms with Crippen LogP contribution in [0.25, 0.3) is 11.1 Å². The van der Waals surface area contributed by atoms with E-state index in [1.165, 1.54) is 12.1 Å². The third kappa shape index (κ3) is 3.94. The van der Waals surface area contributed by atoms with E-state index in [2.05, 4.69) is 4.74 Å². The fourth-order valence-electron chi connectivity index (χ4n) is 2.64. The van der Waals surface area contributed by atoms with Gasteiger partial charge in [-0.3, -0.25) is 4.74 Å². The molecule has 1 atom stereocenters. The lowest BCUT2D eigenvalue weighted by Crippen LogP contribution is -2.43. The van der Waals surface area contributed by atoms with Crippen LogP contribution >= 0.6 is 0 Å². The highest BCUT2D eigenvalue weighted by molar-refractivity contribution is 5.80. The van der Waals surface area contributed by atoms with E-state index in [1.807, 2.05) is 30.3 Å². The van der Waals surface area contributed by atoms with E-state index in [9.17, 15) is 23.1 Å². The molecule has 0 amide bonds. The molecular formula is C18H17F3O3. The summed E-state index contributed by atoms with van der Waals surface area (Å²) >= 11 is 0. The number of aliphatic carboxylic acids is 1. The lowest BCUT2D eigenvalue weighted by Gasteiger charge is -2.30. The summed E-state index contributed by atoms with van der Waals surface area (Å²) in [5.74, 6) is -1.66. The number of carboxylic acids is 1. The summed E-state index contributed by atoms with van der Waals surface area (Å²) in [7, 11) is 0. The molecule has 0 bridgehead atoms. The number of hydrogen-bond acceptors (Lipinski definition) is 2. The van der Waals surface area contributed by atoms with Crippen molar-refractivity contribution >= 4 is 5.97 Å². The van der Waals surface area contributed by atoms with Crippen LogP contribution in [-0.4, -0.2) is 17.4 Å². The molecule has 1 unspecified atom stereocenters. The standard InChI is InChI=1S/C18H17F3O3/c1-2-12-17(16(22)23,24-18(19,20)21)15-10-8-14(9-11-15)13-6-4-3-5-7-13/h3-11H,2,12H2,1H3,(H,22,23). The van der Waals surface area contributed by atoms with Crippen molar-refractivity contribution in [3.05, 3.63) is 60.2 Å². The Labute approximate surface area is 137 Å². The Balaban J connectivity index is 2.45. The average Bonchev–Trinajstić information content (AvgIpc) is 2.54. The molecule has 24 heavy (non-hydrogen) atoms. The SMILES string of the molecule is CCCC(OC(F)(F)F)(C(=O)O)c1ccc(-c2ccccc2)cc1. The maximum Gasteiger partial charge on any atom is 0.523 e. The topological polar surface area (TPSA) is 46.5 Å². The van der Waals surface area contributed by atoms with E-state index in [-0.39, 0.29) is 18.4 Å². The first kappa shape index (κ1) is 18.0. The van der Waals surface area contributed by atoms with E-state index in [1.54, 1.807) is 19.1 Å². The summed E-state index contributed by atoms with van der Waals surface area (Å²) in [5.41, 5.74) is -0.810. The molecule has 2 aromatic carbocycles. The monoisotopic (exact) mass is 338 g/mol. The minimum Gasteiger partial charge on any atom is -0.479 e. The summed E-state index contributed by atoms with van der Waals surface area (Å²) in [6.45, 7) is 1.61. The van der Waals surface area contributed by atoms with Gasteiger partial charge >= 0.3 is 12.3 Å². The molecule has 0 heterocycles. The summed E-state index contributed by atoms with van der Waals surface area (Å²) in [4.78, 5) is 11.6.